The molecular weight excluding hydrogens is 402 g/mol. The zero-order valence-electron chi connectivity index (χ0n) is 17.2. The molecule has 0 spiro atoms. The van der Waals surface area contributed by atoms with E-state index >= 15 is 0 Å². The number of rotatable bonds is 6. The minimum Gasteiger partial charge on any atom is -0.337 e. The van der Waals surface area contributed by atoms with Gasteiger partial charge in [-0.3, -0.25) is 4.79 Å². The summed E-state index contributed by atoms with van der Waals surface area (Å²) in [5.41, 5.74) is 2.40. The molecule has 0 N–H and O–H groups in total. The number of thiophene rings is 3. The van der Waals surface area contributed by atoms with Gasteiger partial charge < -0.3 is 4.90 Å². The molecule has 4 heterocycles. The van der Waals surface area contributed by atoms with Crippen LogP contribution in [0.3, 0.4) is 0 Å². The second-order valence-corrected chi connectivity index (χ2v) is 11.7. The van der Waals surface area contributed by atoms with Gasteiger partial charge in [0.15, 0.2) is 0 Å². The Morgan fingerprint density at radius 1 is 1.04 bits per heavy atom. The van der Waals surface area contributed by atoms with Gasteiger partial charge in [-0.1, -0.05) is 33.6 Å². The maximum atomic E-state index is 12.4. The first kappa shape index (κ1) is 19.9. The SMILES string of the molecule is CCCCC(C)(C)c1ccc(-c2ccc(-c3sc(C)c4c3CN(C)C4=O)s2)s1. The van der Waals surface area contributed by atoms with Crippen LogP contribution in [0.25, 0.3) is 19.5 Å². The highest BCUT2D eigenvalue weighted by Crippen LogP contribution is 2.46. The molecule has 28 heavy (non-hydrogen) atoms. The van der Waals surface area contributed by atoms with Gasteiger partial charge in [0.25, 0.3) is 5.91 Å². The van der Waals surface area contributed by atoms with Crippen molar-refractivity contribution in [1.29, 1.82) is 0 Å². The topological polar surface area (TPSA) is 20.3 Å². The van der Waals surface area contributed by atoms with E-state index in [0.717, 1.165) is 17.0 Å². The number of carbonyl (C=O) groups is 1. The van der Waals surface area contributed by atoms with E-state index in [1.165, 1.54) is 49.2 Å². The second-order valence-electron chi connectivity index (χ2n) is 8.32. The summed E-state index contributed by atoms with van der Waals surface area (Å²) in [7, 11) is 1.89. The van der Waals surface area contributed by atoms with Gasteiger partial charge >= 0.3 is 0 Å². The van der Waals surface area contributed by atoms with E-state index < -0.39 is 0 Å². The Kier molecular flexibility index (Phi) is 5.27. The summed E-state index contributed by atoms with van der Waals surface area (Å²) in [4.78, 5) is 22.1. The molecule has 0 atom stereocenters. The van der Waals surface area contributed by atoms with Crippen molar-refractivity contribution in [2.75, 3.05) is 7.05 Å². The highest BCUT2D eigenvalue weighted by Gasteiger charge is 2.32. The Labute approximate surface area is 179 Å². The van der Waals surface area contributed by atoms with Crippen LogP contribution in [0.4, 0.5) is 0 Å². The van der Waals surface area contributed by atoms with Crippen molar-refractivity contribution >= 4 is 39.9 Å². The summed E-state index contributed by atoms with van der Waals surface area (Å²) in [5.74, 6) is 0.170. The van der Waals surface area contributed by atoms with Crippen molar-refractivity contribution in [3.63, 3.8) is 0 Å². The summed E-state index contributed by atoms with van der Waals surface area (Å²) < 4.78 is 0. The van der Waals surface area contributed by atoms with Crippen LogP contribution in [-0.2, 0) is 12.0 Å². The molecule has 5 heteroatoms. The number of unbranched alkanes of at least 4 members (excludes halogenated alkanes) is 1. The van der Waals surface area contributed by atoms with E-state index in [0.29, 0.717) is 0 Å². The molecule has 1 aliphatic heterocycles. The molecule has 1 aliphatic rings. The summed E-state index contributed by atoms with van der Waals surface area (Å²) in [6.07, 6.45) is 3.76. The minimum atomic E-state index is 0.170. The Morgan fingerprint density at radius 2 is 1.71 bits per heavy atom. The summed E-state index contributed by atoms with van der Waals surface area (Å²) in [5, 5.41) is 0. The van der Waals surface area contributed by atoms with Crippen molar-refractivity contribution in [3.8, 4) is 19.5 Å². The molecule has 3 aromatic rings. The highest BCUT2D eigenvalue weighted by molar-refractivity contribution is 7.26. The van der Waals surface area contributed by atoms with Crippen LogP contribution < -0.4 is 0 Å². The van der Waals surface area contributed by atoms with E-state index in [1.807, 2.05) is 34.6 Å². The molecule has 1 amide bonds. The van der Waals surface area contributed by atoms with Gasteiger partial charge in [0.05, 0.1) is 10.4 Å². The maximum absolute atomic E-state index is 12.4. The number of carbonyl (C=O) groups excluding carboxylic acids is 1. The first-order chi connectivity index (χ1) is 13.3. The molecule has 0 fully saturated rings. The molecule has 3 aromatic heterocycles. The van der Waals surface area contributed by atoms with E-state index in [4.69, 9.17) is 0 Å². The normalized spacial score (nSPS) is 14.2. The zero-order chi connectivity index (χ0) is 20.1. The summed E-state index contributed by atoms with van der Waals surface area (Å²) in [6.45, 7) is 9.79. The van der Waals surface area contributed by atoms with Crippen LogP contribution in [0.2, 0.25) is 0 Å². The quantitative estimate of drug-likeness (QED) is 0.396. The predicted octanol–water partition coefficient (Wildman–Crippen LogP) is 7.57. The van der Waals surface area contributed by atoms with Crippen LogP contribution in [0, 0.1) is 6.92 Å². The average Bonchev–Trinajstić information content (AvgIpc) is 3.40. The fraction of sp³-hybridized carbons (Fsp3) is 0.435. The molecule has 4 rings (SSSR count). The van der Waals surface area contributed by atoms with Gasteiger partial charge in [-0.25, -0.2) is 0 Å². The first-order valence-corrected chi connectivity index (χ1v) is 12.4. The third kappa shape index (κ3) is 3.38. The molecule has 0 aliphatic carbocycles. The molecule has 2 nitrogen and oxygen atoms in total. The third-order valence-electron chi connectivity index (χ3n) is 5.64. The number of fused-ring (bicyclic) bond motifs is 1. The van der Waals surface area contributed by atoms with Gasteiger partial charge in [-0.2, -0.15) is 0 Å². The number of hydrogen-bond donors (Lipinski definition) is 0. The number of hydrogen-bond acceptors (Lipinski definition) is 4. The van der Waals surface area contributed by atoms with Gasteiger partial charge in [0.2, 0.25) is 0 Å². The van der Waals surface area contributed by atoms with Crippen LogP contribution in [0.5, 0.6) is 0 Å². The molecule has 0 aromatic carbocycles. The third-order valence-corrected chi connectivity index (χ3v) is 9.70. The van der Waals surface area contributed by atoms with Crippen LogP contribution in [-0.4, -0.2) is 17.9 Å². The van der Waals surface area contributed by atoms with Crippen LogP contribution in [0.1, 0.15) is 65.7 Å². The highest BCUT2D eigenvalue weighted by atomic mass is 32.1. The zero-order valence-corrected chi connectivity index (χ0v) is 19.7. The Balaban J connectivity index is 1.63. The van der Waals surface area contributed by atoms with E-state index in [2.05, 4.69) is 52.0 Å². The lowest BCUT2D eigenvalue weighted by molar-refractivity contribution is 0.0816. The molecule has 148 valence electrons. The predicted molar refractivity (Wildman–Crippen MR) is 124 cm³/mol. The van der Waals surface area contributed by atoms with Crippen molar-refractivity contribution in [3.05, 3.63) is 45.1 Å². The molecule has 0 saturated heterocycles. The smallest absolute Gasteiger partial charge is 0.255 e. The lowest BCUT2D eigenvalue weighted by atomic mass is 9.86. The number of aryl methyl sites for hydroxylation is 1. The van der Waals surface area contributed by atoms with Crippen molar-refractivity contribution < 1.29 is 4.79 Å². The largest absolute Gasteiger partial charge is 0.337 e. The second kappa shape index (κ2) is 7.43. The van der Waals surface area contributed by atoms with Crippen molar-refractivity contribution in [1.82, 2.24) is 4.90 Å². The molecule has 0 bridgehead atoms. The Morgan fingerprint density at radius 3 is 2.46 bits per heavy atom. The first-order valence-electron chi connectivity index (χ1n) is 9.90. The summed E-state index contributed by atoms with van der Waals surface area (Å²) in [6, 6.07) is 9.08. The lowest BCUT2D eigenvalue weighted by Crippen LogP contribution is -2.18. The lowest BCUT2D eigenvalue weighted by Gasteiger charge is -2.22. The molecule has 0 radical (unpaired) electrons. The molecule has 0 saturated carbocycles. The Bertz CT molecular complexity index is 1020. The standard InChI is InChI=1S/C23H27NOS3/c1-6-7-12-23(3,4)19-11-10-17(28-19)16-8-9-18(27-16)21-15-13-24(5)22(25)20(15)14(2)26-21/h8-11H,6-7,12-13H2,1-5H3. The fourth-order valence-corrected chi connectivity index (χ4v) is 7.42. The van der Waals surface area contributed by atoms with Crippen molar-refractivity contribution in [2.24, 2.45) is 0 Å². The molecular formula is C23H27NOS3. The van der Waals surface area contributed by atoms with Gasteiger partial charge in [0, 0.05) is 43.5 Å². The monoisotopic (exact) mass is 429 g/mol. The van der Waals surface area contributed by atoms with Crippen LogP contribution >= 0.6 is 34.0 Å². The average molecular weight is 430 g/mol. The number of amides is 1. The summed E-state index contributed by atoms with van der Waals surface area (Å²) >= 11 is 5.56. The van der Waals surface area contributed by atoms with Gasteiger partial charge in [-0.15, -0.1) is 34.0 Å². The van der Waals surface area contributed by atoms with E-state index in [-0.39, 0.29) is 11.3 Å². The van der Waals surface area contributed by atoms with Gasteiger partial charge in [-0.05, 0) is 43.0 Å². The van der Waals surface area contributed by atoms with Crippen LogP contribution in [0.15, 0.2) is 24.3 Å². The fourth-order valence-electron chi connectivity index (χ4n) is 3.89. The van der Waals surface area contributed by atoms with E-state index in [9.17, 15) is 4.79 Å². The minimum absolute atomic E-state index is 0.170. The molecule has 0 unspecified atom stereocenters. The number of nitrogens with zero attached hydrogens (tertiary/aromatic N) is 1. The Hall–Kier alpha value is -1.43. The van der Waals surface area contributed by atoms with Crippen molar-refractivity contribution in [2.45, 2.75) is 58.9 Å². The maximum Gasteiger partial charge on any atom is 0.255 e. The van der Waals surface area contributed by atoms with E-state index in [1.54, 1.807) is 11.3 Å². The van der Waals surface area contributed by atoms with Gasteiger partial charge in [0.1, 0.15) is 0 Å².